The molecule has 2 heterocycles. The maximum atomic E-state index is 6.41. The van der Waals surface area contributed by atoms with E-state index in [1.165, 1.54) is 23.1 Å². The number of ether oxygens (including phenoxy) is 1. The van der Waals surface area contributed by atoms with Gasteiger partial charge in [-0.2, -0.15) is 0 Å². The molecule has 2 aromatic rings. The summed E-state index contributed by atoms with van der Waals surface area (Å²) in [6, 6.07) is 17.6. The molecule has 0 bridgehead atoms. The maximum absolute atomic E-state index is 6.41. The molecule has 4 atom stereocenters. The molecule has 1 fully saturated rings. The largest absolute Gasteiger partial charge is 0.490 e. The van der Waals surface area contributed by atoms with Crippen molar-refractivity contribution >= 4 is 0 Å². The van der Waals surface area contributed by atoms with Gasteiger partial charge in [0.2, 0.25) is 0 Å². The Kier molecular flexibility index (Phi) is 4.53. The molecule has 25 heavy (non-hydrogen) atoms. The Morgan fingerprint density at radius 1 is 1.08 bits per heavy atom. The molecule has 0 aliphatic carbocycles. The van der Waals surface area contributed by atoms with Gasteiger partial charge in [0.1, 0.15) is 11.9 Å². The summed E-state index contributed by atoms with van der Waals surface area (Å²) in [7, 11) is 0. The zero-order chi connectivity index (χ0) is 17.4. The van der Waals surface area contributed by atoms with E-state index in [2.05, 4.69) is 62.4 Å². The van der Waals surface area contributed by atoms with Crippen molar-refractivity contribution in [1.29, 1.82) is 0 Å². The first kappa shape index (κ1) is 16.6. The number of rotatable bonds is 3. The fourth-order valence-electron chi connectivity index (χ4n) is 4.52. The van der Waals surface area contributed by atoms with Crippen molar-refractivity contribution in [3.8, 4) is 5.75 Å². The number of fused-ring (bicyclic) bond motifs is 1. The van der Waals surface area contributed by atoms with Crippen LogP contribution in [-0.4, -0.2) is 17.7 Å². The first-order chi connectivity index (χ1) is 12.1. The van der Waals surface area contributed by atoms with Gasteiger partial charge in [-0.25, -0.2) is 5.01 Å². The lowest BCUT2D eigenvalue weighted by atomic mass is 9.81. The lowest BCUT2D eigenvalue weighted by Crippen LogP contribution is -2.44. The average molecular weight is 336 g/mol. The van der Waals surface area contributed by atoms with Crippen LogP contribution < -0.4 is 10.6 Å². The van der Waals surface area contributed by atoms with Crippen molar-refractivity contribution < 1.29 is 4.74 Å². The minimum Gasteiger partial charge on any atom is -0.490 e. The molecule has 4 rings (SSSR count). The smallest absolute Gasteiger partial charge is 0.126 e. The predicted octanol–water partition coefficient (Wildman–Crippen LogP) is 4.44. The number of para-hydroxylation sites is 1. The van der Waals surface area contributed by atoms with Gasteiger partial charge in [-0.1, -0.05) is 55.5 Å². The van der Waals surface area contributed by atoms with Crippen LogP contribution in [-0.2, 0) is 6.42 Å². The number of hydrazine groups is 1. The Morgan fingerprint density at radius 3 is 2.68 bits per heavy atom. The maximum Gasteiger partial charge on any atom is 0.126 e. The Hall–Kier alpha value is -1.84. The molecular formula is C22H28N2O. The molecule has 132 valence electrons. The van der Waals surface area contributed by atoms with E-state index in [0.29, 0.717) is 11.8 Å². The molecule has 0 radical (unpaired) electrons. The van der Waals surface area contributed by atoms with Gasteiger partial charge in [0.25, 0.3) is 0 Å². The van der Waals surface area contributed by atoms with E-state index in [4.69, 9.17) is 10.6 Å². The fourth-order valence-corrected chi connectivity index (χ4v) is 4.52. The minimum atomic E-state index is 0.262. The van der Waals surface area contributed by atoms with Crippen LogP contribution in [0.5, 0.6) is 5.75 Å². The first-order valence-corrected chi connectivity index (χ1v) is 9.50. The van der Waals surface area contributed by atoms with Gasteiger partial charge in [-0.15, -0.1) is 0 Å². The van der Waals surface area contributed by atoms with Gasteiger partial charge >= 0.3 is 0 Å². The van der Waals surface area contributed by atoms with Crippen LogP contribution in [0.1, 0.15) is 55.3 Å². The van der Waals surface area contributed by atoms with E-state index in [9.17, 15) is 0 Å². The molecule has 3 heteroatoms. The second-order valence-corrected chi connectivity index (χ2v) is 7.65. The lowest BCUT2D eigenvalue weighted by Gasteiger charge is -2.39. The van der Waals surface area contributed by atoms with Crippen molar-refractivity contribution in [2.24, 2.45) is 11.8 Å². The lowest BCUT2D eigenvalue weighted by molar-refractivity contribution is 0.0920. The summed E-state index contributed by atoms with van der Waals surface area (Å²) in [6.45, 7) is 5.40. The van der Waals surface area contributed by atoms with Gasteiger partial charge in [-0.3, -0.25) is 5.84 Å². The van der Waals surface area contributed by atoms with Crippen LogP contribution in [0.15, 0.2) is 48.5 Å². The van der Waals surface area contributed by atoms with E-state index in [-0.39, 0.29) is 12.1 Å². The number of nitrogens with zero attached hydrogens (tertiary/aromatic N) is 1. The number of piperidine rings is 1. The van der Waals surface area contributed by atoms with Crippen molar-refractivity contribution in [2.45, 2.75) is 51.2 Å². The summed E-state index contributed by atoms with van der Waals surface area (Å²) >= 11 is 0. The normalized spacial score (nSPS) is 29.2. The van der Waals surface area contributed by atoms with Crippen LogP contribution in [0.4, 0.5) is 0 Å². The molecule has 1 saturated heterocycles. The first-order valence-electron chi connectivity index (χ1n) is 9.50. The monoisotopic (exact) mass is 336 g/mol. The zero-order valence-corrected chi connectivity index (χ0v) is 15.2. The van der Waals surface area contributed by atoms with Crippen LogP contribution in [0.3, 0.4) is 0 Å². The minimum absolute atomic E-state index is 0.262. The highest BCUT2D eigenvalue weighted by atomic mass is 16.5. The van der Waals surface area contributed by atoms with Crippen LogP contribution in [0.2, 0.25) is 0 Å². The Morgan fingerprint density at radius 2 is 1.88 bits per heavy atom. The Labute approximate surface area is 150 Å². The van der Waals surface area contributed by atoms with Gasteiger partial charge in [-0.05, 0) is 43.2 Å². The average Bonchev–Trinajstić information content (AvgIpc) is 2.92. The van der Waals surface area contributed by atoms with Gasteiger partial charge in [0.05, 0.1) is 6.04 Å². The third-order valence-corrected chi connectivity index (χ3v) is 6.04. The van der Waals surface area contributed by atoms with Gasteiger partial charge < -0.3 is 4.74 Å². The quantitative estimate of drug-likeness (QED) is 0.842. The van der Waals surface area contributed by atoms with Crippen LogP contribution >= 0.6 is 0 Å². The third-order valence-electron chi connectivity index (χ3n) is 6.04. The summed E-state index contributed by atoms with van der Waals surface area (Å²) in [4.78, 5) is 0. The van der Waals surface area contributed by atoms with Crippen molar-refractivity contribution in [1.82, 2.24) is 5.01 Å². The van der Waals surface area contributed by atoms with Crippen LogP contribution in [0, 0.1) is 5.92 Å². The third kappa shape index (κ3) is 3.07. The van der Waals surface area contributed by atoms with E-state index < -0.39 is 0 Å². The predicted molar refractivity (Wildman–Crippen MR) is 101 cm³/mol. The van der Waals surface area contributed by atoms with Gasteiger partial charge in [0.15, 0.2) is 0 Å². The molecule has 2 unspecified atom stereocenters. The topological polar surface area (TPSA) is 38.5 Å². The van der Waals surface area contributed by atoms with E-state index in [0.717, 1.165) is 25.1 Å². The van der Waals surface area contributed by atoms with Crippen molar-refractivity contribution in [3.63, 3.8) is 0 Å². The molecule has 3 nitrogen and oxygen atoms in total. The summed E-state index contributed by atoms with van der Waals surface area (Å²) in [5, 5.41) is 2.04. The summed E-state index contributed by atoms with van der Waals surface area (Å²) < 4.78 is 6.21. The highest BCUT2D eigenvalue weighted by molar-refractivity contribution is 5.47. The molecule has 0 spiro atoms. The second-order valence-electron chi connectivity index (χ2n) is 7.65. The van der Waals surface area contributed by atoms with E-state index in [1.54, 1.807) is 0 Å². The fraction of sp³-hybridized carbons (Fsp3) is 0.455. The van der Waals surface area contributed by atoms with Crippen molar-refractivity contribution in [2.75, 3.05) is 6.54 Å². The number of hydrogen-bond acceptors (Lipinski definition) is 3. The molecular weight excluding hydrogens is 308 g/mol. The highest BCUT2D eigenvalue weighted by Gasteiger charge is 2.34. The number of benzene rings is 2. The number of nitrogens with two attached hydrogens (primary N) is 1. The number of hydrogen-bond donors (Lipinski definition) is 1. The Bertz CT molecular complexity index is 730. The highest BCUT2D eigenvalue weighted by Crippen LogP contribution is 2.43. The molecule has 2 aliphatic heterocycles. The molecule has 0 amide bonds. The zero-order valence-electron chi connectivity index (χ0n) is 15.2. The second kappa shape index (κ2) is 6.81. The molecule has 0 aromatic heterocycles. The molecule has 0 saturated carbocycles. The van der Waals surface area contributed by atoms with Crippen molar-refractivity contribution in [3.05, 3.63) is 65.2 Å². The summed E-state index contributed by atoms with van der Waals surface area (Å²) in [6.07, 6.45) is 3.66. The Balaban J connectivity index is 1.64. The molecule has 2 aromatic carbocycles. The van der Waals surface area contributed by atoms with Gasteiger partial charge in [0, 0.05) is 18.0 Å². The van der Waals surface area contributed by atoms with Crippen LogP contribution in [0.25, 0.3) is 0 Å². The standard InChI is InChI=1S/C22H28N2O/c1-15-16(2)25-22-19(10-6-12-20(15)22)14-18-11-7-13-24(23)21(18)17-8-4-3-5-9-17/h3-6,8-10,12,15-16,18,21H,7,11,13-14,23H2,1-2H3/t15-,16+,18?,21?/m1/s1. The summed E-state index contributed by atoms with van der Waals surface area (Å²) in [5.74, 6) is 8.53. The SMILES string of the molecule is C[C@@H]1Oc2c(CC3CCCN(N)C3c3ccccc3)cccc2[C@@H]1C. The molecule has 2 aliphatic rings. The molecule has 2 N–H and O–H groups in total. The van der Waals surface area contributed by atoms with E-state index >= 15 is 0 Å². The van der Waals surface area contributed by atoms with E-state index in [1.807, 2.05) is 5.01 Å². The summed E-state index contributed by atoms with van der Waals surface area (Å²) in [5.41, 5.74) is 4.03.